The number of carbonyl (C=O) groups is 1. The van der Waals surface area contributed by atoms with Crippen molar-refractivity contribution in [2.45, 2.75) is 0 Å². The molecule has 1 N–H and O–H groups in total. The van der Waals surface area contributed by atoms with E-state index in [-0.39, 0.29) is 25.6 Å². The molecule has 1 amide bonds. The SMILES string of the molecule is CS(=O)(=O)N(C(=O)c1cc(NN2CCOCC2)c(Cl)cc1Cl)c1cc(F)c(F)c(F)c1. The second kappa shape index (κ2) is 9.21. The van der Waals surface area contributed by atoms with Crippen molar-refractivity contribution in [1.29, 1.82) is 0 Å². The van der Waals surface area contributed by atoms with Crippen molar-refractivity contribution in [3.8, 4) is 0 Å². The Morgan fingerprint density at radius 2 is 1.65 bits per heavy atom. The number of halogens is 5. The highest BCUT2D eigenvalue weighted by Gasteiger charge is 2.31. The van der Waals surface area contributed by atoms with Crippen molar-refractivity contribution in [3.63, 3.8) is 0 Å². The van der Waals surface area contributed by atoms with E-state index in [2.05, 4.69) is 5.43 Å². The van der Waals surface area contributed by atoms with E-state index in [0.29, 0.717) is 44.7 Å². The largest absolute Gasteiger partial charge is 0.379 e. The van der Waals surface area contributed by atoms with Gasteiger partial charge < -0.3 is 10.2 Å². The Labute approximate surface area is 186 Å². The molecule has 0 bridgehead atoms. The van der Waals surface area contributed by atoms with Crippen molar-refractivity contribution in [3.05, 3.63) is 57.3 Å². The van der Waals surface area contributed by atoms with Crippen LogP contribution in [0.25, 0.3) is 0 Å². The summed E-state index contributed by atoms with van der Waals surface area (Å²) >= 11 is 12.3. The first kappa shape index (κ1) is 23.6. The lowest BCUT2D eigenvalue weighted by molar-refractivity contribution is 0.0497. The fourth-order valence-corrected chi connectivity index (χ4v) is 4.27. The number of benzene rings is 2. The molecule has 1 aliphatic heterocycles. The molecule has 0 atom stereocenters. The van der Waals surface area contributed by atoms with Gasteiger partial charge in [0.15, 0.2) is 17.5 Å². The molecule has 1 fully saturated rings. The first-order chi connectivity index (χ1) is 14.5. The van der Waals surface area contributed by atoms with E-state index >= 15 is 0 Å². The van der Waals surface area contributed by atoms with Crippen molar-refractivity contribution in [1.82, 2.24) is 5.01 Å². The third-order valence-electron chi connectivity index (χ3n) is 4.30. The Kier molecular flexibility index (Phi) is 7.01. The number of sulfonamides is 1. The van der Waals surface area contributed by atoms with Crippen molar-refractivity contribution >= 4 is 50.5 Å². The van der Waals surface area contributed by atoms with E-state index in [4.69, 9.17) is 27.9 Å². The molecule has 0 saturated carbocycles. The Morgan fingerprint density at radius 1 is 1.06 bits per heavy atom. The molecule has 13 heteroatoms. The van der Waals surface area contributed by atoms with Gasteiger partial charge in [0.05, 0.1) is 46.5 Å². The van der Waals surface area contributed by atoms with Gasteiger partial charge >= 0.3 is 0 Å². The Bertz CT molecular complexity index is 1110. The third-order valence-corrected chi connectivity index (χ3v) is 5.96. The highest BCUT2D eigenvalue weighted by molar-refractivity contribution is 7.92. The van der Waals surface area contributed by atoms with Gasteiger partial charge in [-0.1, -0.05) is 23.2 Å². The van der Waals surface area contributed by atoms with Gasteiger partial charge in [0.1, 0.15) is 0 Å². The van der Waals surface area contributed by atoms with Crippen LogP contribution in [0.5, 0.6) is 0 Å². The number of hydrogen-bond donors (Lipinski definition) is 1. The lowest BCUT2D eigenvalue weighted by Gasteiger charge is -2.29. The zero-order valence-corrected chi connectivity index (χ0v) is 18.3. The van der Waals surface area contributed by atoms with Gasteiger partial charge in [-0.3, -0.25) is 4.79 Å². The molecule has 168 valence electrons. The summed E-state index contributed by atoms with van der Waals surface area (Å²) < 4.78 is 70.7. The maximum absolute atomic E-state index is 13.7. The predicted octanol–water partition coefficient (Wildman–Crippen LogP) is 3.68. The van der Waals surface area contributed by atoms with Gasteiger partial charge in [0, 0.05) is 25.2 Å². The fourth-order valence-electron chi connectivity index (χ4n) is 2.87. The van der Waals surface area contributed by atoms with Crippen LogP contribution in [-0.4, -0.2) is 51.9 Å². The van der Waals surface area contributed by atoms with Crippen molar-refractivity contribution < 1.29 is 31.1 Å². The molecule has 1 aliphatic rings. The number of rotatable bonds is 5. The number of hydrogen-bond acceptors (Lipinski definition) is 6. The second-order valence-corrected chi connectivity index (χ2v) is 9.22. The molecule has 2 aromatic rings. The van der Waals surface area contributed by atoms with Crippen LogP contribution in [0.3, 0.4) is 0 Å². The molecule has 0 aliphatic carbocycles. The number of nitrogens with one attached hydrogen (secondary N) is 1. The number of amides is 1. The minimum Gasteiger partial charge on any atom is -0.379 e. The van der Waals surface area contributed by atoms with Gasteiger partial charge in [0.25, 0.3) is 5.91 Å². The number of carbonyl (C=O) groups excluding carboxylic acids is 1. The van der Waals surface area contributed by atoms with Gasteiger partial charge in [-0.15, -0.1) is 0 Å². The summed E-state index contributed by atoms with van der Waals surface area (Å²) in [6.45, 7) is 1.97. The van der Waals surface area contributed by atoms with Crippen LogP contribution in [-0.2, 0) is 14.8 Å². The Morgan fingerprint density at radius 3 is 2.19 bits per heavy atom. The average Bonchev–Trinajstić information content (AvgIpc) is 2.68. The number of anilines is 2. The quantitative estimate of drug-likeness (QED) is 0.634. The summed E-state index contributed by atoms with van der Waals surface area (Å²) in [5, 5.41) is 1.73. The molecule has 31 heavy (non-hydrogen) atoms. The maximum Gasteiger partial charge on any atom is 0.273 e. The average molecular weight is 498 g/mol. The fraction of sp³-hybridized carbons (Fsp3) is 0.278. The summed E-state index contributed by atoms with van der Waals surface area (Å²) in [6.07, 6.45) is 0.654. The third kappa shape index (κ3) is 5.24. The normalized spacial score (nSPS) is 15.0. The van der Waals surface area contributed by atoms with Crippen LogP contribution in [0, 0.1) is 17.5 Å². The van der Waals surface area contributed by atoms with Crippen LogP contribution in [0.2, 0.25) is 10.0 Å². The molecule has 2 aromatic carbocycles. The molecular formula is C18H16Cl2F3N3O4S. The minimum absolute atomic E-state index is 0.131. The van der Waals surface area contributed by atoms with Gasteiger partial charge in [-0.25, -0.2) is 30.9 Å². The molecule has 0 unspecified atom stereocenters. The molecule has 0 aromatic heterocycles. The van der Waals surface area contributed by atoms with E-state index < -0.39 is 39.1 Å². The Hall–Kier alpha value is -2.05. The topological polar surface area (TPSA) is 79.0 Å². The zero-order chi connectivity index (χ0) is 22.9. The number of nitrogens with zero attached hydrogens (tertiary/aromatic N) is 2. The van der Waals surface area contributed by atoms with Crippen molar-refractivity contribution in [2.24, 2.45) is 0 Å². The lowest BCUT2D eigenvalue weighted by Crippen LogP contribution is -2.40. The number of hydrazine groups is 1. The van der Waals surface area contributed by atoms with Gasteiger partial charge in [-0.05, 0) is 12.1 Å². The predicted molar refractivity (Wildman–Crippen MR) is 110 cm³/mol. The minimum atomic E-state index is -4.39. The molecule has 7 nitrogen and oxygen atoms in total. The summed E-state index contributed by atoms with van der Waals surface area (Å²) in [6, 6.07) is 3.24. The first-order valence-corrected chi connectivity index (χ1v) is 11.4. The first-order valence-electron chi connectivity index (χ1n) is 8.76. The van der Waals surface area contributed by atoms with E-state index in [0.717, 1.165) is 0 Å². The molecule has 1 saturated heterocycles. The van der Waals surface area contributed by atoms with Crippen molar-refractivity contribution in [2.75, 3.05) is 42.3 Å². The smallest absolute Gasteiger partial charge is 0.273 e. The van der Waals surface area contributed by atoms with Crippen LogP contribution in [0.1, 0.15) is 10.4 Å². The number of ether oxygens (including phenoxy) is 1. The molecule has 1 heterocycles. The van der Waals surface area contributed by atoms with E-state index in [1.807, 2.05) is 0 Å². The lowest BCUT2D eigenvalue weighted by atomic mass is 10.1. The standard InChI is InChI=1S/C18H16Cl2F3N3O4S/c1-31(28,29)26(10-6-14(21)17(23)15(22)7-10)18(27)11-8-16(13(20)9-12(11)19)24-25-2-4-30-5-3-25/h6-9,24H,2-5H2,1H3. The summed E-state index contributed by atoms with van der Waals surface area (Å²) in [4.78, 5) is 13.1. The van der Waals surface area contributed by atoms with Gasteiger partial charge in [-0.2, -0.15) is 0 Å². The summed E-state index contributed by atoms with van der Waals surface area (Å²) in [5.41, 5.74) is 2.21. The Balaban J connectivity index is 2.04. The van der Waals surface area contributed by atoms with Crippen LogP contribution in [0.15, 0.2) is 24.3 Å². The summed E-state index contributed by atoms with van der Waals surface area (Å²) in [5.74, 6) is -6.33. The second-order valence-electron chi connectivity index (χ2n) is 6.58. The maximum atomic E-state index is 13.7. The molecule has 3 rings (SSSR count). The number of morpholine rings is 1. The zero-order valence-electron chi connectivity index (χ0n) is 16.0. The van der Waals surface area contributed by atoms with E-state index in [9.17, 15) is 26.4 Å². The molecule has 0 radical (unpaired) electrons. The molecular weight excluding hydrogens is 482 g/mol. The van der Waals surface area contributed by atoms with Crippen LogP contribution < -0.4 is 9.73 Å². The van der Waals surface area contributed by atoms with Gasteiger partial charge in [0.2, 0.25) is 10.0 Å². The van der Waals surface area contributed by atoms with Crippen LogP contribution >= 0.6 is 23.2 Å². The molecule has 0 spiro atoms. The monoisotopic (exact) mass is 497 g/mol. The summed E-state index contributed by atoms with van der Waals surface area (Å²) in [7, 11) is -4.39. The van der Waals surface area contributed by atoms with E-state index in [1.165, 1.54) is 12.1 Å². The highest BCUT2D eigenvalue weighted by Crippen LogP contribution is 2.33. The van der Waals surface area contributed by atoms with Crippen LogP contribution in [0.4, 0.5) is 24.5 Å². The van der Waals surface area contributed by atoms with E-state index in [1.54, 1.807) is 5.01 Å². The highest BCUT2D eigenvalue weighted by atomic mass is 35.5.